The van der Waals surface area contributed by atoms with Crippen molar-refractivity contribution in [1.29, 1.82) is 0 Å². The summed E-state index contributed by atoms with van der Waals surface area (Å²) in [6.45, 7) is 1.20. The standard InChI is InChI=1S/C19H26N4O3.ClH/c20-11-6-12-22(13-15-7-2-1-3-8-15)16(24)14-23-17(25)19(21-18(23)26)9-4-5-10-19;/h1-3,7-8H,4-6,9-14,20H2,(H,21,26);1H. The number of benzene rings is 1. The molecule has 1 aliphatic carbocycles. The van der Waals surface area contributed by atoms with E-state index in [0.29, 0.717) is 38.9 Å². The van der Waals surface area contributed by atoms with Crippen LogP contribution in [0, 0.1) is 0 Å². The van der Waals surface area contributed by atoms with Crippen molar-refractivity contribution in [2.75, 3.05) is 19.6 Å². The van der Waals surface area contributed by atoms with Crippen LogP contribution < -0.4 is 11.1 Å². The second-order valence-corrected chi connectivity index (χ2v) is 7.05. The monoisotopic (exact) mass is 394 g/mol. The molecule has 0 atom stereocenters. The SMILES string of the molecule is Cl.NCCCN(Cc1ccccc1)C(=O)CN1C(=O)NC2(CCCC2)C1=O. The zero-order valence-corrected chi connectivity index (χ0v) is 16.2. The van der Waals surface area contributed by atoms with Gasteiger partial charge in [0.1, 0.15) is 12.1 Å². The summed E-state index contributed by atoms with van der Waals surface area (Å²) in [6.07, 6.45) is 3.82. The van der Waals surface area contributed by atoms with Crippen LogP contribution >= 0.6 is 12.4 Å². The van der Waals surface area contributed by atoms with Crippen LogP contribution in [0.5, 0.6) is 0 Å². The van der Waals surface area contributed by atoms with E-state index in [9.17, 15) is 14.4 Å². The summed E-state index contributed by atoms with van der Waals surface area (Å²) in [7, 11) is 0. The number of imide groups is 1. The second kappa shape index (κ2) is 9.19. The molecule has 1 saturated carbocycles. The van der Waals surface area contributed by atoms with Gasteiger partial charge in [0.05, 0.1) is 0 Å². The zero-order valence-electron chi connectivity index (χ0n) is 15.4. The smallest absolute Gasteiger partial charge is 0.325 e. The van der Waals surface area contributed by atoms with Crippen molar-refractivity contribution in [3.8, 4) is 0 Å². The number of nitrogens with two attached hydrogens (primary N) is 1. The van der Waals surface area contributed by atoms with Gasteiger partial charge < -0.3 is 16.0 Å². The highest BCUT2D eigenvalue weighted by Crippen LogP contribution is 2.34. The van der Waals surface area contributed by atoms with Gasteiger partial charge in [-0.2, -0.15) is 0 Å². The van der Waals surface area contributed by atoms with Crippen LogP contribution in [0.2, 0.25) is 0 Å². The molecule has 1 saturated heterocycles. The van der Waals surface area contributed by atoms with E-state index in [1.54, 1.807) is 4.90 Å². The highest BCUT2D eigenvalue weighted by Gasteiger charge is 2.52. The zero-order chi connectivity index (χ0) is 18.6. The van der Waals surface area contributed by atoms with Gasteiger partial charge in [-0.1, -0.05) is 43.2 Å². The van der Waals surface area contributed by atoms with E-state index in [0.717, 1.165) is 23.3 Å². The van der Waals surface area contributed by atoms with Crippen molar-refractivity contribution in [2.24, 2.45) is 5.73 Å². The van der Waals surface area contributed by atoms with E-state index < -0.39 is 11.6 Å². The molecule has 1 heterocycles. The normalized spacial score (nSPS) is 17.7. The van der Waals surface area contributed by atoms with Gasteiger partial charge in [0.25, 0.3) is 5.91 Å². The molecular formula is C19H27ClN4O3. The average Bonchev–Trinajstić information content (AvgIpc) is 3.20. The lowest BCUT2D eigenvalue weighted by Crippen LogP contribution is -2.46. The summed E-state index contributed by atoms with van der Waals surface area (Å²) in [6, 6.07) is 9.20. The predicted molar refractivity (Wildman–Crippen MR) is 104 cm³/mol. The summed E-state index contributed by atoms with van der Waals surface area (Å²) < 4.78 is 0. The van der Waals surface area contributed by atoms with Crippen molar-refractivity contribution in [3.05, 3.63) is 35.9 Å². The van der Waals surface area contributed by atoms with Crippen LogP contribution in [-0.2, 0) is 16.1 Å². The van der Waals surface area contributed by atoms with E-state index in [2.05, 4.69) is 5.32 Å². The molecule has 4 amide bonds. The van der Waals surface area contributed by atoms with Crippen LogP contribution in [0.15, 0.2) is 30.3 Å². The lowest BCUT2D eigenvalue weighted by molar-refractivity contribution is -0.139. The molecule has 8 heteroatoms. The third-order valence-electron chi connectivity index (χ3n) is 5.20. The van der Waals surface area contributed by atoms with Crippen LogP contribution in [0.1, 0.15) is 37.7 Å². The van der Waals surface area contributed by atoms with Gasteiger partial charge >= 0.3 is 6.03 Å². The Bertz CT molecular complexity index is 677. The Labute approximate surface area is 165 Å². The first kappa shape index (κ1) is 21.2. The van der Waals surface area contributed by atoms with Gasteiger partial charge in [0, 0.05) is 13.1 Å². The van der Waals surface area contributed by atoms with E-state index in [-0.39, 0.29) is 30.8 Å². The Morgan fingerprint density at radius 2 is 1.85 bits per heavy atom. The molecule has 1 aliphatic heterocycles. The predicted octanol–water partition coefficient (Wildman–Crippen LogP) is 1.65. The average molecular weight is 395 g/mol. The van der Waals surface area contributed by atoms with E-state index in [1.165, 1.54) is 0 Å². The van der Waals surface area contributed by atoms with Crippen molar-refractivity contribution in [1.82, 2.24) is 15.1 Å². The number of hydrogen-bond acceptors (Lipinski definition) is 4. The third kappa shape index (κ3) is 4.59. The molecule has 7 nitrogen and oxygen atoms in total. The van der Waals surface area contributed by atoms with Crippen LogP contribution in [0.3, 0.4) is 0 Å². The first-order valence-corrected chi connectivity index (χ1v) is 9.22. The molecule has 1 spiro atoms. The molecule has 3 rings (SSSR count). The number of hydrogen-bond donors (Lipinski definition) is 2. The molecule has 1 aromatic carbocycles. The van der Waals surface area contributed by atoms with Gasteiger partial charge in [0.2, 0.25) is 5.91 Å². The summed E-state index contributed by atoms with van der Waals surface area (Å²) >= 11 is 0. The second-order valence-electron chi connectivity index (χ2n) is 7.05. The third-order valence-corrected chi connectivity index (χ3v) is 5.20. The molecule has 0 bridgehead atoms. The Kier molecular flexibility index (Phi) is 7.21. The van der Waals surface area contributed by atoms with Crippen molar-refractivity contribution < 1.29 is 14.4 Å². The van der Waals surface area contributed by atoms with E-state index in [1.807, 2.05) is 30.3 Å². The largest absolute Gasteiger partial charge is 0.337 e. The Balaban J connectivity index is 0.00000261. The van der Waals surface area contributed by atoms with Gasteiger partial charge in [-0.25, -0.2) is 4.79 Å². The highest BCUT2D eigenvalue weighted by molar-refractivity contribution is 6.09. The number of carbonyl (C=O) groups excluding carboxylic acids is 3. The van der Waals surface area contributed by atoms with Gasteiger partial charge in [-0.15, -0.1) is 12.4 Å². The molecule has 0 aromatic heterocycles. The minimum Gasteiger partial charge on any atom is -0.337 e. The number of carbonyl (C=O) groups is 3. The summed E-state index contributed by atoms with van der Waals surface area (Å²) in [5.74, 6) is -0.493. The quantitative estimate of drug-likeness (QED) is 0.687. The van der Waals surface area contributed by atoms with Crippen molar-refractivity contribution in [3.63, 3.8) is 0 Å². The van der Waals surface area contributed by atoms with Crippen LogP contribution in [-0.4, -0.2) is 52.8 Å². The maximum atomic E-state index is 12.8. The van der Waals surface area contributed by atoms with Gasteiger partial charge in [-0.3, -0.25) is 14.5 Å². The summed E-state index contributed by atoms with van der Waals surface area (Å²) in [4.78, 5) is 40.6. The summed E-state index contributed by atoms with van der Waals surface area (Å²) in [5.41, 5.74) is 5.81. The lowest BCUT2D eigenvalue weighted by Gasteiger charge is -2.25. The molecule has 3 N–H and O–H groups in total. The van der Waals surface area contributed by atoms with Gasteiger partial charge in [-0.05, 0) is 31.4 Å². The van der Waals surface area contributed by atoms with Crippen molar-refractivity contribution >= 4 is 30.3 Å². The molecule has 2 aliphatic rings. The van der Waals surface area contributed by atoms with E-state index in [4.69, 9.17) is 5.73 Å². The molecule has 148 valence electrons. The highest BCUT2D eigenvalue weighted by atomic mass is 35.5. The van der Waals surface area contributed by atoms with Crippen LogP contribution in [0.25, 0.3) is 0 Å². The number of halogens is 1. The maximum absolute atomic E-state index is 12.8. The molecule has 2 fully saturated rings. The van der Waals surface area contributed by atoms with Crippen LogP contribution in [0.4, 0.5) is 4.79 Å². The minimum atomic E-state index is -0.779. The molecule has 27 heavy (non-hydrogen) atoms. The Morgan fingerprint density at radius 3 is 2.48 bits per heavy atom. The first-order chi connectivity index (χ1) is 12.6. The minimum absolute atomic E-state index is 0. The number of urea groups is 1. The molecule has 0 radical (unpaired) electrons. The number of nitrogens with one attached hydrogen (secondary N) is 1. The fraction of sp³-hybridized carbons (Fsp3) is 0.526. The first-order valence-electron chi connectivity index (χ1n) is 9.22. The Hall–Kier alpha value is -2.12. The molecule has 1 aromatic rings. The fourth-order valence-electron chi connectivity index (χ4n) is 3.75. The molecule has 0 unspecified atom stereocenters. The van der Waals surface area contributed by atoms with Gasteiger partial charge in [0.15, 0.2) is 0 Å². The maximum Gasteiger partial charge on any atom is 0.325 e. The number of nitrogens with zero attached hydrogens (tertiary/aromatic N) is 2. The fourth-order valence-corrected chi connectivity index (χ4v) is 3.75. The topological polar surface area (TPSA) is 95.7 Å². The van der Waals surface area contributed by atoms with Crippen molar-refractivity contribution in [2.45, 2.75) is 44.2 Å². The number of amides is 4. The molecular weight excluding hydrogens is 368 g/mol. The Morgan fingerprint density at radius 1 is 1.19 bits per heavy atom. The lowest BCUT2D eigenvalue weighted by atomic mass is 9.98. The number of rotatable bonds is 7. The van der Waals surface area contributed by atoms with E-state index >= 15 is 0 Å². The summed E-state index contributed by atoms with van der Waals surface area (Å²) in [5, 5.41) is 2.81.